The molecule has 3 heterocycles. The molecule has 0 unspecified atom stereocenters. The van der Waals surface area contributed by atoms with Gasteiger partial charge in [0.1, 0.15) is 42.4 Å². The van der Waals surface area contributed by atoms with Crippen LogP contribution in [0.4, 0.5) is 5.82 Å². The van der Waals surface area contributed by atoms with Crippen LogP contribution in [0.5, 0.6) is 0 Å². The van der Waals surface area contributed by atoms with Crippen molar-refractivity contribution < 1.29 is 33.6 Å². The number of hydrogen-bond donors (Lipinski definition) is 2. The lowest BCUT2D eigenvalue weighted by Crippen LogP contribution is -2.42. The van der Waals surface area contributed by atoms with Gasteiger partial charge in [0.15, 0.2) is 12.6 Å². The molecular formula is C20H28N4O7. The van der Waals surface area contributed by atoms with Gasteiger partial charge < -0.3 is 29.8 Å². The SMILES string of the molecule is CC(=O)OC[C@H]1O[C@@](C)(c2ccc3c(N)ncnn23)[C@H](O)[C@@H]1OCOC(=O)C(C)(C)C. The minimum atomic E-state index is -1.28. The lowest BCUT2D eigenvalue weighted by atomic mass is 9.93. The molecular weight excluding hydrogens is 408 g/mol. The number of nitrogens with zero attached hydrogens (tertiary/aromatic N) is 3. The quantitative estimate of drug-likeness (QED) is 0.492. The predicted molar refractivity (Wildman–Crippen MR) is 108 cm³/mol. The van der Waals surface area contributed by atoms with Gasteiger partial charge in [-0.15, -0.1) is 0 Å². The van der Waals surface area contributed by atoms with E-state index in [1.165, 1.54) is 17.8 Å². The zero-order valence-corrected chi connectivity index (χ0v) is 18.2. The second-order valence-electron chi connectivity index (χ2n) is 8.60. The number of aliphatic hydroxyl groups excluding tert-OH is 1. The second-order valence-corrected chi connectivity index (χ2v) is 8.60. The Morgan fingerprint density at radius 2 is 2.03 bits per heavy atom. The molecule has 0 aliphatic carbocycles. The molecule has 3 rings (SSSR count). The van der Waals surface area contributed by atoms with E-state index in [4.69, 9.17) is 24.7 Å². The molecule has 0 spiro atoms. The maximum Gasteiger partial charge on any atom is 0.313 e. The molecule has 1 fully saturated rings. The van der Waals surface area contributed by atoms with Gasteiger partial charge in [-0.05, 0) is 39.8 Å². The molecule has 1 aliphatic heterocycles. The van der Waals surface area contributed by atoms with E-state index in [2.05, 4.69) is 10.1 Å². The summed E-state index contributed by atoms with van der Waals surface area (Å²) < 4.78 is 23.6. The highest BCUT2D eigenvalue weighted by Gasteiger charge is 2.55. The molecule has 11 heteroatoms. The summed E-state index contributed by atoms with van der Waals surface area (Å²) in [4.78, 5) is 27.3. The topological polar surface area (TPSA) is 148 Å². The first-order valence-electron chi connectivity index (χ1n) is 9.82. The highest BCUT2D eigenvalue weighted by atomic mass is 16.7. The van der Waals surface area contributed by atoms with E-state index in [1.54, 1.807) is 39.8 Å². The van der Waals surface area contributed by atoms with Crippen LogP contribution in [-0.4, -0.2) is 63.4 Å². The molecule has 1 aliphatic rings. The number of fused-ring (bicyclic) bond motifs is 1. The van der Waals surface area contributed by atoms with E-state index in [1.807, 2.05) is 0 Å². The summed E-state index contributed by atoms with van der Waals surface area (Å²) in [5.74, 6) is -0.682. The number of nitrogens with two attached hydrogens (primary N) is 1. The molecule has 3 N–H and O–H groups in total. The summed E-state index contributed by atoms with van der Waals surface area (Å²) in [5, 5.41) is 15.4. The third kappa shape index (κ3) is 4.48. The average molecular weight is 436 g/mol. The van der Waals surface area contributed by atoms with Crippen molar-refractivity contribution in [1.29, 1.82) is 0 Å². The first-order chi connectivity index (χ1) is 14.4. The highest BCUT2D eigenvalue weighted by molar-refractivity contribution is 5.75. The number of esters is 2. The molecule has 2 aromatic heterocycles. The van der Waals surface area contributed by atoms with Gasteiger partial charge >= 0.3 is 11.9 Å². The van der Waals surface area contributed by atoms with Gasteiger partial charge in [0.05, 0.1) is 11.1 Å². The fraction of sp³-hybridized carbons (Fsp3) is 0.600. The van der Waals surface area contributed by atoms with Crippen LogP contribution >= 0.6 is 0 Å². The Labute approximate surface area is 179 Å². The van der Waals surface area contributed by atoms with Gasteiger partial charge in [-0.25, -0.2) is 9.50 Å². The lowest BCUT2D eigenvalue weighted by molar-refractivity contribution is -0.178. The van der Waals surface area contributed by atoms with Crippen LogP contribution in [0.15, 0.2) is 18.5 Å². The highest BCUT2D eigenvalue weighted by Crippen LogP contribution is 2.41. The van der Waals surface area contributed by atoms with Gasteiger partial charge in [0.25, 0.3) is 0 Å². The van der Waals surface area contributed by atoms with E-state index in [0.717, 1.165) is 0 Å². The van der Waals surface area contributed by atoms with Crippen LogP contribution in [0.2, 0.25) is 0 Å². The van der Waals surface area contributed by atoms with Crippen molar-refractivity contribution >= 4 is 23.3 Å². The standard InChI is InChI=1S/C20H28N4O7/c1-11(25)28-8-13-15(29-10-30-18(27)19(2,3)4)16(26)20(5,31-13)14-7-6-12-17(21)22-9-23-24(12)14/h6-7,9,13,15-16,26H,8,10H2,1-5H3,(H2,21,22,23)/t13-,15-,16-,20+/m1/s1. The molecule has 0 bridgehead atoms. The molecule has 4 atom stereocenters. The zero-order valence-electron chi connectivity index (χ0n) is 18.2. The number of anilines is 1. The minimum Gasteiger partial charge on any atom is -0.463 e. The third-order valence-electron chi connectivity index (χ3n) is 5.14. The largest absolute Gasteiger partial charge is 0.463 e. The molecule has 31 heavy (non-hydrogen) atoms. The van der Waals surface area contributed by atoms with E-state index in [0.29, 0.717) is 11.2 Å². The fourth-order valence-electron chi connectivity index (χ4n) is 3.42. The number of hydrogen-bond acceptors (Lipinski definition) is 10. The summed E-state index contributed by atoms with van der Waals surface area (Å²) in [7, 11) is 0. The smallest absolute Gasteiger partial charge is 0.313 e. The Balaban J connectivity index is 1.85. The summed E-state index contributed by atoms with van der Waals surface area (Å²) in [6.07, 6.45) is -1.66. The van der Waals surface area contributed by atoms with E-state index in [9.17, 15) is 14.7 Å². The Morgan fingerprint density at radius 3 is 2.68 bits per heavy atom. The van der Waals surface area contributed by atoms with Gasteiger partial charge in [0, 0.05) is 6.92 Å². The minimum absolute atomic E-state index is 0.152. The van der Waals surface area contributed by atoms with Crippen LogP contribution in [-0.2, 0) is 34.1 Å². The molecule has 170 valence electrons. The van der Waals surface area contributed by atoms with Crippen molar-refractivity contribution in [3.63, 3.8) is 0 Å². The molecule has 0 aromatic carbocycles. The van der Waals surface area contributed by atoms with Crippen LogP contribution in [0.3, 0.4) is 0 Å². The Kier molecular flexibility index (Phi) is 6.21. The first kappa shape index (κ1) is 22.9. The van der Waals surface area contributed by atoms with Crippen molar-refractivity contribution in [2.75, 3.05) is 19.1 Å². The maximum atomic E-state index is 12.0. The van der Waals surface area contributed by atoms with Crippen LogP contribution in [0.1, 0.15) is 40.3 Å². The summed E-state index contributed by atoms with van der Waals surface area (Å²) >= 11 is 0. The van der Waals surface area contributed by atoms with Crippen LogP contribution in [0, 0.1) is 5.41 Å². The van der Waals surface area contributed by atoms with Crippen molar-refractivity contribution in [2.24, 2.45) is 5.41 Å². The fourth-order valence-corrected chi connectivity index (χ4v) is 3.42. The number of aromatic nitrogens is 3. The predicted octanol–water partition coefficient (Wildman–Crippen LogP) is 0.781. The van der Waals surface area contributed by atoms with E-state index in [-0.39, 0.29) is 12.4 Å². The van der Waals surface area contributed by atoms with Gasteiger partial charge in [0.2, 0.25) is 0 Å². The molecule has 0 amide bonds. The Hall–Kier alpha value is -2.76. The van der Waals surface area contributed by atoms with Crippen molar-refractivity contribution in [1.82, 2.24) is 14.6 Å². The van der Waals surface area contributed by atoms with Crippen LogP contribution < -0.4 is 5.73 Å². The molecule has 2 aromatic rings. The maximum absolute atomic E-state index is 12.0. The number of ether oxygens (including phenoxy) is 4. The van der Waals surface area contributed by atoms with Crippen molar-refractivity contribution in [3.05, 3.63) is 24.2 Å². The number of aliphatic hydroxyl groups is 1. The number of rotatable bonds is 6. The number of nitrogen functional groups attached to an aromatic ring is 1. The summed E-state index contributed by atoms with van der Waals surface area (Å²) in [6, 6.07) is 3.43. The summed E-state index contributed by atoms with van der Waals surface area (Å²) in [6.45, 7) is 7.55. The zero-order chi connectivity index (χ0) is 23.0. The number of carbonyl (C=O) groups excluding carboxylic acids is 2. The monoisotopic (exact) mass is 436 g/mol. The van der Waals surface area contributed by atoms with E-state index >= 15 is 0 Å². The second kappa shape index (κ2) is 8.40. The molecule has 0 radical (unpaired) electrons. The average Bonchev–Trinajstić information content (AvgIpc) is 3.22. The van der Waals surface area contributed by atoms with Crippen LogP contribution in [0.25, 0.3) is 5.52 Å². The van der Waals surface area contributed by atoms with Gasteiger partial charge in [-0.3, -0.25) is 9.59 Å². The van der Waals surface area contributed by atoms with E-state index < -0.39 is 48.1 Å². The van der Waals surface area contributed by atoms with Crippen molar-refractivity contribution in [2.45, 2.75) is 58.5 Å². The molecule has 0 saturated carbocycles. The molecule has 1 saturated heterocycles. The molecule has 11 nitrogen and oxygen atoms in total. The third-order valence-corrected chi connectivity index (χ3v) is 5.14. The van der Waals surface area contributed by atoms with Gasteiger partial charge in [-0.2, -0.15) is 5.10 Å². The summed E-state index contributed by atoms with van der Waals surface area (Å²) in [5.41, 5.74) is 4.98. The number of carbonyl (C=O) groups is 2. The van der Waals surface area contributed by atoms with Crippen molar-refractivity contribution in [3.8, 4) is 0 Å². The Bertz CT molecular complexity index is 970. The Morgan fingerprint density at radius 1 is 1.32 bits per heavy atom. The normalized spacial score (nSPS) is 26.2. The first-order valence-corrected chi connectivity index (χ1v) is 9.82. The lowest BCUT2D eigenvalue weighted by Gasteiger charge is -2.28. The van der Waals surface area contributed by atoms with Gasteiger partial charge in [-0.1, -0.05) is 0 Å².